The van der Waals surface area contributed by atoms with Gasteiger partial charge in [0.05, 0.1) is 18.4 Å². The number of hydrogen-bond acceptors (Lipinski definition) is 4. The highest BCUT2D eigenvalue weighted by molar-refractivity contribution is 5.98. The maximum absolute atomic E-state index is 13.2. The lowest BCUT2D eigenvalue weighted by molar-refractivity contribution is -0.138. The molecule has 1 saturated carbocycles. The normalized spacial score (nSPS) is 14.7. The second-order valence-electron chi connectivity index (χ2n) is 6.76. The van der Waals surface area contributed by atoms with E-state index in [1.807, 2.05) is 19.2 Å². The van der Waals surface area contributed by atoms with Crippen molar-refractivity contribution in [3.8, 4) is 5.75 Å². The van der Waals surface area contributed by atoms with Crippen LogP contribution in [0.15, 0.2) is 41.6 Å². The number of benzene rings is 2. The predicted octanol–water partition coefficient (Wildman–Crippen LogP) is 5.57. The number of hydrogen-bond donors (Lipinski definition) is 1. The van der Waals surface area contributed by atoms with Gasteiger partial charge >= 0.3 is 6.18 Å². The molecule has 1 aliphatic rings. The van der Waals surface area contributed by atoms with Crippen LogP contribution < -0.4 is 10.1 Å². The molecular formula is C21H23F3N2O2. The Kier molecular flexibility index (Phi) is 5.82. The summed E-state index contributed by atoms with van der Waals surface area (Å²) in [5.74, 6) is 0.329. The first kappa shape index (κ1) is 20.0. The molecule has 0 aromatic heterocycles. The lowest BCUT2D eigenvalue weighted by Gasteiger charge is -2.14. The second kappa shape index (κ2) is 8.12. The Bertz CT molecular complexity index is 874. The molecular weight excluding hydrogens is 369 g/mol. The summed E-state index contributed by atoms with van der Waals surface area (Å²) >= 11 is 0. The van der Waals surface area contributed by atoms with E-state index in [9.17, 15) is 13.2 Å². The number of nitrogens with one attached hydrogen (secondary N) is 1. The first-order chi connectivity index (χ1) is 13.3. The van der Waals surface area contributed by atoms with Crippen LogP contribution in [0.25, 0.3) is 0 Å². The van der Waals surface area contributed by atoms with Gasteiger partial charge in [0.2, 0.25) is 0 Å². The fourth-order valence-electron chi connectivity index (χ4n) is 3.18. The highest BCUT2D eigenvalue weighted by Gasteiger charge is 2.34. The molecule has 0 amide bonds. The van der Waals surface area contributed by atoms with Crippen molar-refractivity contribution >= 4 is 11.4 Å². The number of nitrogens with zero attached hydrogens (tertiary/aromatic N) is 1. The van der Waals surface area contributed by atoms with Crippen LogP contribution in [-0.4, -0.2) is 19.9 Å². The van der Waals surface area contributed by atoms with E-state index in [1.54, 1.807) is 6.92 Å². The molecule has 1 N–H and O–H groups in total. The van der Waals surface area contributed by atoms with Crippen LogP contribution in [-0.2, 0) is 17.6 Å². The number of anilines is 1. The highest BCUT2D eigenvalue weighted by Crippen LogP contribution is 2.43. The third-order valence-electron chi connectivity index (χ3n) is 4.83. The summed E-state index contributed by atoms with van der Waals surface area (Å²) in [6.07, 6.45) is -2.18. The summed E-state index contributed by atoms with van der Waals surface area (Å²) in [5.41, 5.74) is 3.11. The van der Waals surface area contributed by atoms with Gasteiger partial charge in [0.15, 0.2) is 0 Å². The zero-order chi connectivity index (χ0) is 20.3. The number of ether oxygens (including phenoxy) is 1. The van der Waals surface area contributed by atoms with Crippen LogP contribution in [0.3, 0.4) is 0 Å². The summed E-state index contributed by atoms with van der Waals surface area (Å²) in [6, 6.07) is 9.92. The van der Waals surface area contributed by atoms with E-state index >= 15 is 0 Å². The molecule has 0 spiro atoms. The fourth-order valence-corrected chi connectivity index (χ4v) is 3.18. The Balaban J connectivity index is 1.79. The lowest BCUT2D eigenvalue weighted by Crippen LogP contribution is -2.09. The molecule has 7 heteroatoms. The molecule has 0 atom stereocenters. The first-order valence-electron chi connectivity index (χ1n) is 9.06. The minimum Gasteiger partial charge on any atom is -0.496 e. The Hall–Kier alpha value is -2.70. The first-order valence-corrected chi connectivity index (χ1v) is 9.06. The molecule has 4 nitrogen and oxygen atoms in total. The smallest absolute Gasteiger partial charge is 0.419 e. The van der Waals surface area contributed by atoms with E-state index in [1.165, 1.54) is 24.8 Å². The minimum atomic E-state index is -4.51. The number of alkyl halides is 3. The third-order valence-corrected chi connectivity index (χ3v) is 4.83. The van der Waals surface area contributed by atoms with Crippen molar-refractivity contribution in [1.82, 2.24) is 0 Å². The van der Waals surface area contributed by atoms with Gasteiger partial charge in [0.25, 0.3) is 0 Å². The van der Waals surface area contributed by atoms with Crippen molar-refractivity contribution in [1.29, 1.82) is 0 Å². The Morgan fingerprint density at radius 3 is 2.57 bits per heavy atom. The van der Waals surface area contributed by atoms with Crippen molar-refractivity contribution in [3.05, 3.63) is 58.7 Å². The van der Waals surface area contributed by atoms with Gasteiger partial charge in [-0.3, -0.25) is 0 Å². The molecule has 0 bridgehead atoms. The minimum absolute atomic E-state index is 0.220. The van der Waals surface area contributed by atoms with Gasteiger partial charge in [-0.15, -0.1) is 0 Å². The van der Waals surface area contributed by atoms with Gasteiger partial charge in [0, 0.05) is 18.3 Å². The van der Waals surface area contributed by atoms with Gasteiger partial charge in [-0.25, -0.2) is 0 Å². The Labute approximate surface area is 162 Å². The van der Waals surface area contributed by atoms with Crippen LogP contribution in [0.2, 0.25) is 0 Å². The van der Waals surface area contributed by atoms with Gasteiger partial charge in [-0.2, -0.15) is 13.2 Å². The summed E-state index contributed by atoms with van der Waals surface area (Å²) in [5, 5.41) is 7.20. The van der Waals surface area contributed by atoms with E-state index in [2.05, 4.69) is 16.5 Å². The molecule has 3 rings (SSSR count). The quantitative estimate of drug-likeness (QED) is 0.495. The average molecular weight is 392 g/mol. The number of halogens is 3. The van der Waals surface area contributed by atoms with Crippen molar-refractivity contribution < 1.29 is 22.7 Å². The third kappa shape index (κ3) is 4.40. The molecule has 0 unspecified atom stereocenters. The van der Waals surface area contributed by atoms with Gasteiger partial charge in [-0.1, -0.05) is 17.3 Å². The molecule has 0 aliphatic heterocycles. The van der Waals surface area contributed by atoms with Crippen molar-refractivity contribution in [2.24, 2.45) is 5.16 Å². The molecule has 1 aliphatic carbocycles. The topological polar surface area (TPSA) is 42.8 Å². The summed E-state index contributed by atoms with van der Waals surface area (Å²) < 4.78 is 44.4. The lowest BCUT2D eigenvalue weighted by atomic mass is 10.0. The SMILES string of the molecule is CNc1cccc(C2CC2)c1CON=C(C)c1ccc(OC)c(C(F)(F)F)c1. The zero-order valence-corrected chi connectivity index (χ0v) is 16.1. The molecule has 0 heterocycles. The largest absolute Gasteiger partial charge is 0.496 e. The monoisotopic (exact) mass is 392 g/mol. The maximum atomic E-state index is 13.2. The molecule has 28 heavy (non-hydrogen) atoms. The number of oxime groups is 1. The fraction of sp³-hybridized carbons (Fsp3) is 0.381. The Morgan fingerprint density at radius 2 is 1.96 bits per heavy atom. The zero-order valence-electron chi connectivity index (χ0n) is 16.1. The van der Waals surface area contributed by atoms with Crippen LogP contribution in [0.1, 0.15) is 47.9 Å². The van der Waals surface area contributed by atoms with E-state index in [-0.39, 0.29) is 12.4 Å². The standard InChI is InChI=1S/C21H23F3N2O2/c1-13(15-9-10-20(27-3)18(11-15)21(22,23)24)26-28-12-17-16(14-7-8-14)5-4-6-19(17)25-2/h4-6,9-11,14,25H,7-8,12H2,1-3H3. The van der Waals surface area contributed by atoms with Crippen LogP contribution >= 0.6 is 0 Å². The van der Waals surface area contributed by atoms with Gasteiger partial charge < -0.3 is 14.9 Å². The maximum Gasteiger partial charge on any atom is 0.419 e. The van der Waals surface area contributed by atoms with E-state index in [0.29, 0.717) is 17.2 Å². The van der Waals surface area contributed by atoms with Crippen LogP contribution in [0.5, 0.6) is 5.75 Å². The van der Waals surface area contributed by atoms with E-state index in [4.69, 9.17) is 9.57 Å². The number of rotatable bonds is 7. The summed E-state index contributed by atoms with van der Waals surface area (Å²) in [6.45, 7) is 1.87. The molecule has 1 fully saturated rings. The Morgan fingerprint density at radius 1 is 1.21 bits per heavy atom. The van der Waals surface area contributed by atoms with E-state index in [0.717, 1.165) is 30.2 Å². The predicted molar refractivity (Wildman–Crippen MR) is 103 cm³/mol. The van der Waals surface area contributed by atoms with Crippen molar-refractivity contribution in [2.75, 3.05) is 19.5 Å². The number of methoxy groups -OCH3 is 1. The van der Waals surface area contributed by atoms with E-state index < -0.39 is 11.7 Å². The van der Waals surface area contributed by atoms with Gasteiger partial charge in [-0.05, 0) is 61.1 Å². The summed E-state index contributed by atoms with van der Waals surface area (Å²) in [7, 11) is 3.06. The summed E-state index contributed by atoms with van der Waals surface area (Å²) in [4.78, 5) is 5.51. The van der Waals surface area contributed by atoms with Crippen molar-refractivity contribution in [3.63, 3.8) is 0 Å². The van der Waals surface area contributed by atoms with Crippen molar-refractivity contribution in [2.45, 2.75) is 38.5 Å². The second-order valence-corrected chi connectivity index (χ2v) is 6.76. The molecule has 150 valence electrons. The molecule has 2 aromatic carbocycles. The van der Waals surface area contributed by atoms with Crippen LogP contribution in [0.4, 0.5) is 18.9 Å². The average Bonchev–Trinajstić information content (AvgIpc) is 3.51. The molecule has 2 aromatic rings. The highest BCUT2D eigenvalue weighted by atomic mass is 19.4. The van der Waals surface area contributed by atoms with Crippen LogP contribution in [0, 0.1) is 0 Å². The molecule has 0 saturated heterocycles. The molecule has 0 radical (unpaired) electrons. The van der Waals surface area contributed by atoms with Gasteiger partial charge in [0.1, 0.15) is 12.4 Å².